The molecule has 0 aliphatic rings. The fraction of sp³-hybridized carbons (Fsp3) is 0.200. The second kappa shape index (κ2) is 8.35. The Labute approximate surface area is 159 Å². The number of ether oxygens (including phenoxy) is 1. The number of hydrogen-bond acceptors (Lipinski definition) is 4. The number of rotatable bonds is 6. The lowest BCUT2D eigenvalue weighted by Crippen LogP contribution is -2.13. The molecule has 3 rings (SSSR count). The van der Waals surface area contributed by atoms with Crippen LogP contribution in [0.15, 0.2) is 59.5 Å². The molecule has 0 saturated heterocycles. The van der Waals surface area contributed by atoms with Crippen LogP contribution in [0.3, 0.4) is 0 Å². The van der Waals surface area contributed by atoms with E-state index >= 15 is 0 Å². The van der Waals surface area contributed by atoms with Crippen molar-refractivity contribution in [2.24, 2.45) is 0 Å². The second-order valence-corrected chi connectivity index (χ2v) is 6.67. The van der Waals surface area contributed by atoms with Crippen LogP contribution in [-0.4, -0.2) is 21.8 Å². The van der Waals surface area contributed by atoms with Gasteiger partial charge in [0.05, 0.1) is 11.0 Å². The molecular weight excluding hydrogens is 370 g/mol. The monoisotopic (exact) mass is 388 g/mol. The van der Waals surface area contributed by atoms with Gasteiger partial charge in [0.2, 0.25) is 0 Å². The van der Waals surface area contributed by atoms with Gasteiger partial charge in [0.1, 0.15) is 0 Å². The summed E-state index contributed by atoms with van der Waals surface area (Å²) in [7, 11) is 0. The van der Waals surface area contributed by atoms with Crippen LogP contribution < -0.4 is 0 Å². The van der Waals surface area contributed by atoms with Gasteiger partial charge in [-0.1, -0.05) is 24.3 Å². The number of thioether (sulfide) groups is 1. The number of alkyl halides is 2. The molecule has 0 fully saturated rings. The van der Waals surface area contributed by atoms with E-state index in [-0.39, 0.29) is 5.82 Å². The van der Waals surface area contributed by atoms with E-state index in [9.17, 15) is 13.6 Å². The van der Waals surface area contributed by atoms with E-state index in [0.717, 1.165) is 15.0 Å². The van der Waals surface area contributed by atoms with Gasteiger partial charge in [0.15, 0.2) is 11.9 Å². The number of carbonyl (C=O) groups excluding carboxylic acids is 1. The fourth-order valence-corrected chi connectivity index (χ4v) is 3.11. The Morgan fingerprint density at radius 3 is 2.56 bits per heavy atom. The van der Waals surface area contributed by atoms with E-state index in [1.807, 2.05) is 30.5 Å². The van der Waals surface area contributed by atoms with Gasteiger partial charge in [0.25, 0.3) is 0 Å². The molecule has 1 heterocycles. The Balaban J connectivity index is 1.75. The van der Waals surface area contributed by atoms with Crippen molar-refractivity contribution in [3.8, 4) is 0 Å². The zero-order valence-electron chi connectivity index (χ0n) is 14.8. The molecule has 1 aromatic heterocycles. The maximum atomic E-state index is 13.5. The molecule has 0 aliphatic carbocycles. The Hall–Kier alpha value is -2.67. The number of fused-ring (bicyclic) bond motifs is 1. The van der Waals surface area contributed by atoms with Crippen LogP contribution in [0.25, 0.3) is 17.1 Å². The minimum absolute atomic E-state index is 0.0114. The summed E-state index contributed by atoms with van der Waals surface area (Å²) >= 11 is 1.63. The molecule has 0 amide bonds. The van der Waals surface area contributed by atoms with Crippen LogP contribution in [0.2, 0.25) is 0 Å². The van der Waals surface area contributed by atoms with Crippen molar-refractivity contribution in [2.45, 2.75) is 24.5 Å². The predicted octanol–water partition coefficient (Wildman–Crippen LogP) is 5.47. The molecule has 0 radical (unpaired) electrons. The molecule has 2 aromatic carbocycles. The summed E-state index contributed by atoms with van der Waals surface area (Å²) in [4.78, 5) is 17.4. The van der Waals surface area contributed by atoms with Crippen LogP contribution >= 0.6 is 11.8 Å². The Kier molecular flexibility index (Phi) is 5.91. The van der Waals surface area contributed by atoms with Gasteiger partial charge >= 0.3 is 12.5 Å². The van der Waals surface area contributed by atoms with Crippen LogP contribution in [-0.2, 0) is 9.53 Å². The SMILES string of the molecule is CSc1ccc(/C=C/C(=O)OC(C)c2nc3ccccc3n2C(F)F)cc1. The molecular formula is C20H18F2N2O2S. The molecule has 3 aromatic rings. The third-order valence-electron chi connectivity index (χ3n) is 4.00. The Bertz CT molecular complexity index is 968. The highest BCUT2D eigenvalue weighted by atomic mass is 32.2. The number of halogens is 2. The van der Waals surface area contributed by atoms with Gasteiger partial charge in [-0.15, -0.1) is 11.8 Å². The molecule has 0 spiro atoms. The first-order valence-corrected chi connectivity index (χ1v) is 9.50. The zero-order chi connectivity index (χ0) is 19.4. The van der Waals surface area contributed by atoms with Crippen LogP contribution in [0.1, 0.15) is 31.0 Å². The van der Waals surface area contributed by atoms with Gasteiger partial charge in [0, 0.05) is 11.0 Å². The van der Waals surface area contributed by atoms with Gasteiger partial charge in [-0.25, -0.2) is 9.78 Å². The number of esters is 1. The van der Waals surface area contributed by atoms with E-state index in [0.29, 0.717) is 11.0 Å². The smallest absolute Gasteiger partial charge is 0.331 e. The van der Waals surface area contributed by atoms with Crippen molar-refractivity contribution in [1.82, 2.24) is 9.55 Å². The summed E-state index contributed by atoms with van der Waals surface area (Å²) in [5, 5.41) is 0. The van der Waals surface area contributed by atoms with Crippen molar-refractivity contribution in [3.05, 3.63) is 66.0 Å². The zero-order valence-corrected chi connectivity index (χ0v) is 15.6. The molecule has 0 saturated carbocycles. The summed E-state index contributed by atoms with van der Waals surface area (Å²) < 4.78 is 33.0. The molecule has 0 aliphatic heterocycles. The summed E-state index contributed by atoms with van der Waals surface area (Å²) in [5.74, 6) is -0.610. The summed E-state index contributed by atoms with van der Waals surface area (Å²) in [6.07, 6.45) is 3.97. The number of benzene rings is 2. The van der Waals surface area contributed by atoms with Crippen molar-refractivity contribution >= 4 is 34.8 Å². The topological polar surface area (TPSA) is 44.1 Å². The number of nitrogens with zero attached hydrogens (tertiary/aromatic N) is 2. The minimum Gasteiger partial charge on any atom is -0.451 e. The third-order valence-corrected chi connectivity index (χ3v) is 4.75. The normalized spacial score (nSPS) is 12.8. The second-order valence-electron chi connectivity index (χ2n) is 5.79. The predicted molar refractivity (Wildman–Crippen MR) is 103 cm³/mol. The lowest BCUT2D eigenvalue weighted by atomic mass is 10.2. The van der Waals surface area contributed by atoms with Crippen molar-refractivity contribution in [3.63, 3.8) is 0 Å². The van der Waals surface area contributed by atoms with Crippen molar-refractivity contribution < 1.29 is 18.3 Å². The average molecular weight is 388 g/mol. The van der Waals surface area contributed by atoms with Gasteiger partial charge in [-0.2, -0.15) is 8.78 Å². The van der Waals surface area contributed by atoms with E-state index in [1.54, 1.807) is 42.1 Å². The van der Waals surface area contributed by atoms with E-state index in [4.69, 9.17) is 4.74 Å². The highest BCUT2D eigenvalue weighted by Gasteiger charge is 2.23. The van der Waals surface area contributed by atoms with Crippen LogP contribution in [0.4, 0.5) is 8.78 Å². The highest BCUT2D eigenvalue weighted by molar-refractivity contribution is 7.98. The summed E-state index contributed by atoms with van der Waals surface area (Å²) in [6, 6.07) is 14.2. The highest BCUT2D eigenvalue weighted by Crippen LogP contribution is 2.28. The first kappa shape index (κ1) is 19.1. The summed E-state index contributed by atoms with van der Waals surface area (Å²) in [6.45, 7) is -1.25. The number of hydrogen-bond donors (Lipinski definition) is 0. The molecule has 140 valence electrons. The number of para-hydroxylation sites is 2. The lowest BCUT2D eigenvalue weighted by Gasteiger charge is -2.14. The number of aromatic nitrogens is 2. The molecule has 4 nitrogen and oxygen atoms in total. The van der Waals surface area contributed by atoms with Crippen molar-refractivity contribution in [2.75, 3.05) is 6.26 Å². The van der Waals surface area contributed by atoms with Gasteiger partial charge in [-0.3, -0.25) is 4.57 Å². The fourth-order valence-electron chi connectivity index (χ4n) is 2.70. The van der Waals surface area contributed by atoms with E-state index < -0.39 is 18.6 Å². The standard InChI is InChI=1S/C20H18F2N2O2S/c1-13(19-23-16-5-3-4-6-17(16)24(19)20(21)22)26-18(25)12-9-14-7-10-15(27-2)11-8-14/h3-13,20H,1-2H3/b12-9+. The quantitative estimate of drug-likeness (QED) is 0.319. The Morgan fingerprint density at radius 2 is 1.89 bits per heavy atom. The molecule has 7 heteroatoms. The molecule has 0 N–H and O–H groups in total. The van der Waals surface area contributed by atoms with Crippen molar-refractivity contribution in [1.29, 1.82) is 0 Å². The van der Waals surface area contributed by atoms with Crippen LogP contribution in [0.5, 0.6) is 0 Å². The van der Waals surface area contributed by atoms with Gasteiger partial charge in [-0.05, 0) is 49.1 Å². The minimum atomic E-state index is -2.78. The molecule has 0 bridgehead atoms. The molecule has 1 unspecified atom stereocenters. The Morgan fingerprint density at radius 1 is 1.19 bits per heavy atom. The average Bonchev–Trinajstić information content (AvgIpc) is 3.07. The number of carbonyl (C=O) groups is 1. The van der Waals surface area contributed by atoms with E-state index in [1.165, 1.54) is 13.0 Å². The molecule has 27 heavy (non-hydrogen) atoms. The molecule has 1 atom stereocenters. The summed E-state index contributed by atoms with van der Waals surface area (Å²) in [5.41, 5.74) is 1.58. The maximum absolute atomic E-state index is 13.5. The first-order valence-electron chi connectivity index (χ1n) is 8.27. The number of imidazole rings is 1. The maximum Gasteiger partial charge on any atom is 0.331 e. The lowest BCUT2D eigenvalue weighted by molar-refractivity contribution is -0.143. The third kappa shape index (κ3) is 4.36. The first-order chi connectivity index (χ1) is 13.0. The van der Waals surface area contributed by atoms with Crippen LogP contribution in [0, 0.1) is 0 Å². The van der Waals surface area contributed by atoms with Gasteiger partial charge < -0.3 is 4.74 Å². The largest absolute Gasteiger partial charge is 0.451 e. The van der Waals surface area contributed by atoms with E-state index in [2.05, 4.69) is 4.98 Å².